The zero-order valence-electron chi connectivity index (χ0n) is 18.8. The third kappa shape index (κ3) is 10.8. The molecule has 0 radical (unpaired) electrons. The molecule has 2 aliphatic rings. The van der Waals surface area contributed by atoms with Crippen molar-refractivity contribution in [3.8, 4) is 0 Å². The van der Waals surface area contributed by atoms with Crippen molar-refractivity contribution in [3.63, 3.8) is 0 Å². The van der Waals surface area contributed by atoms with E-state index in [1.54, 1.807) is 6.92 Å². The number of hydrogen-bond acceptors (Lipinski definition) is 4. The van der Waals surface area contributed by atoms with Crippen LogP contribution in [0.4, 0.5) is 0 Å². The molecule has 4 atom stereocenters. The van der Waals surface area contributed by atoms with E-state index < -0.39 is 0 Å². The predicted molar refractivity (Wildman–Crippen MR) is 144 cm³/mol. The first-order chi connectivity index (χ1) is 14.7. The summed E-state index contributed by atoms with van der Waals surface area (Å²) in [5.74, 6) is 0.0968. The van der Waals surface area contributed by atoms with Crippen LogP contribution in [-0.4, -0.2) is 24.1 Å². The number of carbonyl (C=O) groups excluding carboxylic acids is 2. The second kappa shape index (κ2) is 14.8. The highest BCUT2D eigenvalue weighted by atomic mass is 127. The SMILES string of the molecule is CC(/C=C\I)=C\[C@H](C)[C@@H]1CC=CC(=O)O1.CC1=CC[C@@H]([C@@H](C)/C=C(C)/C=C\I)OC1=O. The first-order valence-corrected chi connectivity index (χ1v) is 12.8. The molecule has 31 heavy (non-hydrogen) atoms. The molecule has 2 rings (SSSR count). The molecule has 0 aromatic heterocycles. The van der Waals surface area contributed by atoms with Gasteiger partial charge in [0.2, 0.25) is 0 Å². The summed E-state index contributed by atoms with van der Waals surface area (Å²) in [4.78, 5) is 22.4. The molecule has 0 N–H and O–H groups in total. The fourth-order valence-electron chi connectivity index (χ4n) is 3.19. The van der Waals surface area contributed by atoms with Gasteiger partial charge in [-0.3, -0.25) is 0 Å². The standard InChI is InChI=1S/C13H17IO2.C12H15IO2/c1-9(6-7-14)8-11(3)12-5-4-10(2)13(15)16-12;1-9(6-7-13)8-10(2)11-4-3-5-12(14)15-11/h4,6-8,11-12H,5H2,1-3H3;3,5-8,10-11H,4H2,1-2H3/b2*7-6-,9-8+/t11-,12-;10-,11-/m00/s1. The predicted octanol–water partition coefficient (Wildman–Crippen LogP) is 7.17. The Bertz CT molecular complexity index is 802. The lowest BCUT2D eigenvalue weighted by molar-refractivity contribution is -0.147. The van der Waals surface area contributed by atoms with Crippen molar-refractivity contribution in [2.45, 2.75) is 59.7 Å². The van der Waals surface area contributed by atoms with Crippen LogP contribution in [-0.2, 0) is 19.1 Å². The number of hydrogen-bond donors (Lipinski definition) is 0. The summed E-state index contributed by atoms with van der Waals surface area (Å²) in [5.41, 5.74) is 3.11. The van der Waals surface area contributed by atoms with E-state index in [4.69, 9.17) is 9.47 Å². The molecule has 0 saturated heterocycles. The Hall–Kier alpha value is -1.16. The van der Waals surface area contributed by atoms with Crippen LogP contribution in [0, 0.1) is 11.8 Å². The maximum absolute atomic E-state index is 11.4. The average molecular weight is 650 g/mol. The van der Waals surface area contributed by atoms with Gasteiger partial charge in [0, 0.05) is 36.3 Å². The highest BCUT2D eigenvalue weighted by molar-refractivity contribution is 14.1. The van der Waals surface area contributed by atoms with E-state index in [1.807, 2.05) is 39.4 Å². The van der Waals surface area contributed by atoms with E-state index in [-0.39, 0.29) is 36.0 Å². The van der Waals surface area contributed by atoms with Gasteiger partial charge in [0.25, 0.3) is 0 Å². The van der Waals surface area contributed by atoms with E-state index in [0.717, 1.165) is 18.4 Å². The molecule has 6 heteroatoms. The van der Waals surface area contributed by atoms with Crippen LogP contribution in [0.2, 0.25) is 0 Å². The normalized spacial score (nSPS) is 24.3. The topological polar surface area (TPSA) is 52.6 Å². The summed E-state index contributed by atoms with van der Waals surface area (Å²) in [7, 11) is 0. The molecule has 0 amide bonds. The zero-order valence-corrected chi connectivity index (χ0v) is 23.1. The number of ether oxygens (including phenoxy) is 2. The van der Waals surface area contributed by atoms with Crippen LogP contribution in [0.25, 0.3) is 0 Å². The van der Waals surface area contributed by atoms with Gasteiger partial charge in [0.15, 0.2) is 0 Å². The number of cyclic esters (lactones) is 2. The van der Waals surface area contributed by atoms with Gasteiger partial charge in [-0.15, -0.1) is 0 Å². The second-order valence-corrected chi connectivity index (χ2v) is 9.24. The van der Waals surface area contributed by atoms with Gasteiger partial charge in [-0.1, -0.05) is 107 Å². The molecule has 2 heterocycles. The molecule has 0 unspecified atom stereocenters. The molecule has 0 aromatic rings. The van der Waals surface area contributed by atoms with Crippen LogP contribution in [0.5, 0.6) is 0 Å². The number of allylic oxidation sites excluding steroid dienone is 4. The lowest BCUT2D eigenvalue weighted by Crippen LogP contribution is -2.27. The monoisotopic (exact) mass is 650 g/mol. The van der Waals surface area contributed by atoms with Gasteiger partial charge in [-0.2, -0.15) is 0 Å². The van der Waals surface area contributed by atoms with Gasteiger partial charge in [0.05, 0.1) is 0 Å². The van der Waals surface area contributed by atoms with Crippen molar-refractivity contribution in [1.29, 1.82) is 0 Å². The van der Waals surface area contributed by atoms with Crippen LogP contribution in [0.3, 0.4) is 0 Å². The molecule has 0 spiro atoms. The zero-order chi connectivity index (χ0) is 23.4. The molecule has 170 valence electrons. The summed E-state index contributed by atoms with van der Waals surface area (Å²) in [5, 5.41) is 0. The summed E-state index contributed by atoms with van der Waals surface area (Å²) in [6.07, 6.45) is 15.3. The average Bonchev–Trinajstić information content (AvgIpc) is 2.70. The first kappa shape index (κ1) is 27.9. The maximum atomic E-state index is 11.4. The van der Waals surface area contributed by atoms with E-state index >= 15 is 0 Å². The lowest BCUT2D eigenvalue weighted by atomic mass is 9.96. The molecule has 0 bridgehead atoms. The van der Waals surface area contributed by atoms with Crippen molar-refractivity contribution in [2.24, 2.45) is 11.8 Å². The minimum Gasteiger partial charge on any atom is -0.458 e. The minimum atomic E-state index is -0.228. The largest absolute Gasteiger partial charge is 0.458 e. The molecular weight excluding hydrogens is 618 g/mol. The third-order valence-electron chi connectivity index (χ3n) is 5.00. The van der Waals surface area contributed by atoms with Gasteiger partial charge in [-0.05, 0) is 28.9 Å². The number of carbonyl (C=O) groups is 2. The van der Waals surface area contributed by atoms with Crippen LogP contribution < -0.4 is 0 Å². The van der Waals surface area contributed by atoms with Crippen LogP contribution in [0.1, 0.15) is 47.5 Å². The lowest BCUT2D eigenvalue weighted by Gasteiger charge is -2.25. The Morgan fingerprint density at radius 2 is 1.48 bits per heavy atom. The van der Waals surface area contributed by atoms with Crippen molar-refractivity contribution in [2.75, 3.05) is 0 Å². The molecule has 4 nitrogen and oxygen atoms in total. The van der Waals surface area contributed by atoms with E-state index in [1.165, 1.54) is 17.2 Å². The van der Waals surface area contributed by atoms with Crippen molar-refractivity contribution < 1.29 is 19.1 Å². The fourth-order valence-corrected chi connectivity index (χ4v) is 4.32. The second-order valence-electron chi connectivity index (χ2n) is 7.80. The summed E-state index contributed by atoms with van der Waals surface area (Å²) in [6, 6.07) is 0. The molecule has 0 fully saturated rings. The Balaban J connectivity index is 0.000000311. The van der Waals surface area contributed by atoms with Gasteiger partial charge < -0.3 is 9.47 Å². The molecule has 0 aliphatic carbocycles. The van der Waals surface area contributed by atoms with E-state index in [2.05, 4.69) is 78.1 Å². The Kier molecular flexibility index (Phi) is 13.3. The highest BCUT2D eigenvalue weighted by Gasteiger charge is 2.24. The third-order valence-corrected chi connectivity index (χ3v) is 5.72. The summed E-state index contributed by atoms with van der Waals surface area (Å²) < 4.78 is 14.5. The van der Waals surface area contributed by atoms with Gasteiger partial charge >= 0.3 is 11.9 Å². The Morgan fingerprint density at radius 1 is 0.968 bits per heavy atom. The summed E-state index contributed by atoms with van der Waals surface area (Å²) >= 11 is 4.38. The minimum absolute atomic E-state index is 0.0138. The summed E-state index contributed by atoms with van der Waals surface area (Å²) in [6.45, 7) is 10.0. The van der Waals surface area contributed by atoms with Crippen molar-refractivity contribution >= 4 is 57.1 Å². The highest BCUT2D eigenvalue weighted by Crippen LogP contribution is 2.22. The van der Waals surface area contributed by atoms with E-state index in [0.29, 0.717) is 0 Å². The van der Waals surface area contributed by atoms with Crippen LogP contribution in [0.15, 0.2) is 67.4 Å². The van der Waals surface area contributed by atoms with Crippen molar-refractivity contribution in [3.05, 3.63) is 67.4 Å². The first-order valence-electron chi connectivity index (χ1n) is 10.3. The van der Waals surface area contributed by atoms with Gasteiger partial charge in [-0.25, -0.2) is 9.59 Å². The van der Waals surface area contributed by atoms with Crippen LogP contribution >= 0.6 is 45.2 Å². The molecular formula is C25H32I2O4. The smallest absolute Gasteiger partial charge is 0.333 e. The maximum Gasteiger partial charge on any atom is 0.333 e. The number of halogens is 2. The molecule has 0 saturated carbocycles. The molecule has 2 aliphatic heterocycles. The number of rotatable bonds is 6. The fraction of sp³-hybridized carbons (Fsp3) is 0.440. The Labute approximate surface area is 213 Å². The van der Waals surface area contributed by atoms with E-state index in [9.17, 15) is 9.59 Å². The molecule has 0 aromatic carbocycles. The van der Waals surface area contributed by atoms with Gasteiger partial charge in [0.1, 0.15) is 12.2 Å². The Morgan fingerprint density at radius 3 is 1.94 bits per heavy atom. The van der Waals surface area contributed by atoms with Crippen molar-refractivity contribution in [1.82, 2.24) is 0 Å². The quantitative estimate of drug-likeness (QED) is 0.174. The number of esters is 2.